The summed E-state index contributed by atoms with van der Waals surface area (Å²) in [6.07, 6.45) is 6.77. The predicted octanol–water partition coefficient (Wildman–Crippen LogP) is 8.71. The molecule has 3 aliphatic heterocycles. The van der Waals surface area contributed by atoms with Crippen molar-refractivity contribution in [3.63, 3.8) is 0 Å². The van der Waals surface area contributed by atoms with E-state index >= 15 is 0 Å². The Morgan fingerprint density at radius 1 is 0.636 bits per heavy atom. The molecular weight excluding hydrogens is 1210 g/mol. The highest BCUT2D eigenvalue weighted by molar-refractivity contribution is 9.10. The van der Waals surface area contributed by atoms with Gasteiger partial charge in [0.05, 0.1) is 50.6 Å². The monoisotopic (exact) mass is 1280 g/mol. The van der Waals surface area contributed by atoms with Crippen molar-refractivity contribution in [2.75, 3.05) is 49.1 Å². The largest absolute Gasteiger partial charge is 0.494 e. The van der Waals surface area contributed by atoms with Crippen LogP contribution in [0.15, 0.2) is 112 Å². The van der Waals surface area contributed by atoms with Crippen LogP contribution in [-0.2, 0) is 45.9 Å². The number of benzene rings is 4. The van der Waals surface area contributed by atoms with E-state index in [1.807, 2.05) is 56.2 Å². The third kappa shape index (κ3) is 14.1. The van der Waals surface area contributed by atoms with Crippen molar-refractivity contribution >= 4 is 74.0 Å². The number of hydrogen-bond donors (Lipinski definition) is 0. The highest BCUT2D eigenvalue weighted by atomic mass is 79.9. The molecule has 2 atom stereocenters. The van der Waals surface area contributed by atoms with Crippen molar-refractivity contribution in [2.24, 2.45) is 14.0 Å². The van der Waals surface area contributed by atoms with Gasteiger partial charge in [-0.05, 0) is 119 Å². The van der Waals surface area contributed by atoms with Gasteiger partial charge < -0.3 is 38.4 Å². The Bertz CT molecular complexity index is 4200. The number of carbonyl (C=O) groups is 2. The van der Waals surface area contributed by atoms with Crippen molar-refractivity contribution in [2.45, 2.75) is 119 Å². The van der Waals surface area contributed by atoms with Gasteiger partial charge in [-0.25, -0.2) is 19.9 Å². The zero-order valence-electron chi connectivity index (χ0n) is 56.3. The number of nitrogens with zero attached hydrogens (tertiary/aromatic N) is 12. The number of ether oxygens (including phenoxy) is 2. The highest BCUT2D eigenvalue weighted by Crippen LogP contribution is 2.37. The fourth-order valence-electron chi connectivity index (χ4n) is 10.9. The Kier molecular flexibility index (Phi) is 16.9. The Hall–Kier alpha value is -8.10. The lowest BCUT2D eigenvalue weighted by Crippen LogP contribution is -2.53. The fraction of sp³-hybridized carbons (Fsp3) is 0.419. The average molecular weight is 1290 g/mol. The van der Waals surface area contributed by atoms with E-state index in [1.165, 1.54) is 33.6 Å². The molecule has 11 rings (SSSR count). The first-order chi connectivity index (χ1) is 44.0. The zero-order valence-corrected chi connectivity index (χ0v) is 51.9. The molecule has 466 valence electrons. The molecule has 88 heavy (non-hydrogen) atoms. The predicted molar refractivity (Wildman–Crippen MR) is 333 cm³/mol. The van der Waals surface area contributed by atoms with E-state index in [-0.39, 0.29) is 59.3 Å². The van der Waals surface area contributed by atoms with E-state index in [0.29, 0.717) is 73.7 Å². The number of rotatable bonds is 12. The Morgan fingerprint density at radius 3 is 1.49 bits per heavy atom. The van der Waals surface area contributed by atoms with Gasteiger partial charge in [-0.15, -0.1) is 0 Å². The Balaban J connectivity index is 0.000000180. The summed E-state index contributed by atoms with van der Waals surface area (Å²) in [5.41, 5.74) is 1.95. The SMILES string of the molecule is CC(=O)N1CCN(c2ncc(Br)cn2)C[C@H]1C.[2H]C([2H])([2H])n1c(=O)c2ccc(-c3cnc(N4CCN(C(C)=O)[C@H](C)C4)nc3)cc2n1Cc1cc(C)ccc1OC(F)F.[2H]C([2H])([2H])n1c(=O)c2ccc(B3OC(C)(C)C(C)(C)O3)cc2n1Cc1cc(C)ccc1OC(F)F. The molecule has 20 nitrogen and oxygen atoms in total. The van der Waals surface area contributed by atoms with E-state index in [9.17, 15) is 36.7 Å². The molecule has 3 saturated heterocycles. The standard InChI is InChI=1S/C28H30F2N6O3.C23H27BF2N2O4.C11H15BrN4O/c1-17-5-8-25(39-27(29)30)21(11-17)16-36-24-12-20(6-7-23(24)26(38)33(36)4)22-13-31-28(32-14-22)34-9-10-35(19(3)37)18(2)15-34;1-14-7-10-19(30-21(25)26)15(11-14)13-28-18-12-16(8-9-17(18)20(29)27(28)6)24-31-22(2,3)23(4,5)32-24;1-8-7-15(3-4-16(8)9(2)17)11-13-5-10(12)6-14-11/h5-8,11-14,18,27H,9-10,15-16H2,1-4H3;7-12,21H,13H2,1-6H3;5-6,8H,3-4,7H2,1-2H3/t18-;;8-/m1.1/s1/i4D3;6D3;. The third-order valence-electron chi connectivity index (χ3n) is 16.1. The first kappa shape index (κ1) is 56.4. The van der Waals surface area contributed by atoms with Gasteiger partial charge in [0.1, 0.15) is 11.5 Å². The molecule has 8 aromatic rings. The van der Waals surface area contributed by atoms with Crippen molar-refractivity contribution in [3.8, 4) is 22.6 Å². The maximum Gasteiger partial charge on any atom is 0.494 e. The maximum absolute atomic E-state index is 13.3. The molecular formula is C62H72BBrF4N12O8. The smallest absolute Gasteiger partial charge is 0.434 e. The third-order valence-corrected chi connectivity index (χ3v) is 16.6. The van der Waals surface area contributed by atoms with Gasteiger partial charge in [-0.2, -0.15) is 17.6 Å². The van der Waals surface area contributed by atoms with Crippen LogP contribution in [0.2, 0.25) is 0 Å². The molecule has 0 aliphatic carbocycles. The van der Waals surface area contributed by atoms with Crippen LogP contribution in [0.3, 0.4) is 0 Å². The number of hydrogen-bond acceptors (Lipinski definition) is 14. The number of halogens is 5. The highest BCUT2D eigenvalue weighted by Gasteiger charge is 2.52. The molecule has 0 spiro atoms. The summed E-state index contributed by atoms with van der Waals surface area (Å²) < 4.78 is 127. The van der Waals surface area contributed by atoms with Gasteiger partial charge in [0.15, 0.2) is 0 Å². The molecule has 0 bridgehead atoms. The molecule has 26 heteroatoms. The number of aromatic nitrogens is 8. The number of amides is 2. The molecule has 2 amide bonds. The van der Waals surface area contributed by atoms with Gasteiger partial charge in [-0.1, -0.05) is 47.5 Å². The van der Waals surface area contributed by atoms with Crippen LogP contribution in [0.1, 0.15) is 85.9 Å². The zero-order chi connectivity index (χ0) is 68.7. The number of carbonyl (C=O) groups excluding carboxylic acids is 2. The van der Waals surface area contributed by atoms with E-state index in [1.54, 1.807) is 101 Å². The maximum atomic E-state index is 13.3. The summed E-state index contributed by atoms with van der Waals surface area (Å²) in [7, 11) is -0.735. The second-order valence-electron chi connectivity index (χ2n) is 22.9. The van der Waals surface area contributed by atoms with E-state index in [2.05, 4.69) is 50.2 Å². The summed E-state index contributed by atoms with van der Waals surface area (Å²) in [5, 5.41) is 0.332. The van der Waals surface area contributed by atoms with Crippen LogP contribution in [0, 0.1) is 13.8 Å². The molecule has 0 radical (unpaired) electrons. The van der Waals surface area contributed by atoms with Crippen LogP contribution >= 0.6 is 15.9 Å². The number of piperazine rings is 2. The van der Waals surface area contributed by atoms with Crippen LogP contribution in [0.25, 0.3) is 32.9 Å². The first-order valence-electron chi connectivity index (χ1n) is 31.3. The minimum atomic E-state index is -3.08. The topological polar surface area (TPSA) is 189 Å². The average Bonchev–Trinajstić information content (AvgIpc) is 1.60. The van der Waals surface area contributed by atoms with Gasteiger partial charge >= 0.3 is 20.3 Å². The molecule has 0 saturated carbocycles. The lowest BCUT2D eigenvalue weighted by atomic mass is 9.79. The van der Waals surface area contributed by atoms with Crippen LogP contribution < -0.4 is 35.9 Å². The summed E-state index contributed by atoms with van der Waals surface area (Å²) >= 11 is 3.31. The number of fused-ring (bicyclic) bond motifs is 2. The molecule has 7 heterocycles. The first-order valence-corrected chi connectivity index (χ1v) is 29.1. The van der Waals surface area contributed by atoms with Crippen LogP contribution in [-0.4, -0.2) is 143 Å². The van der Waals surface area contributed by atoms with E-state index in [4.69, 9.17) is 17.5 Å². The lowest BCUT2D eigenvalue weighted by Gasteiger charge is -2.39. The number of aryl methyl sites for hydroxylation is 2. The second-order valence-corrected chi connectivity index (χ2v) is 23.8. The van der Waals surface area contributed by atoms with Crippen LogP contribution in [0.5, 0.6) is 11.5 Å². The molecule has 4 aromatic heterocycles. The Labute approximate surface area is 524 Å². The van der Waals surface area contributed by atoms with Gasteiger partial charge in [0.2, 0.25) is 23.7 Å². The van der Waals surface area contributed by atoms with Crippen molar-refractivity contribution < 1.29 is 54.2 Å². The minimum Gasteiger partial charge on any atom is -0.434 e. The summed E-state index contributed by atoms with van der Waals surface area (Å²) in [6, 6.07) is 19.2. The van der Waals surface area contributed by atoms with Gasteiger partial charge in [0, 0.05) is 129 Å². The van der Waals surface area contributed by atoms with E-state index < -0.39 is 56.6 Å². The lowest BCUT2D eigenvalue weighted by molar-refractivity contribution is -0.132. The molecule has 0 unspecified atom stereocenters. The van der Waals surface area contributed by atoms with E-state index in [0.717, 1.165) is 41.2 Å². The van der Waals surface area contributed by atoms with Crippen LogP contribution in [0.4, 0.5) is 29.5 Å². The van der Waals surface area contributed by atoms with Crippen molar-refractivity contribution in [3.05, 3.63) is 145 Å². The van der Waals surface area contributed by atoms with Gasteiger partial charge in [-0.3, -0.25) is 37.9 Å². The summed E-state index contributed by atoms with van der Waals surface area (Å²) in [5.74, 6) is 1.20. The summed E-state index contributed by atoms with van der Waals surface area (Å²) in [6.45, 7) is 10.3. The number of anilines is 2. The van der Waals surface area contributed by atoms with Crippen molar-refractivity contribution in [1.29, 1.82) is 0 Å². The normalized spacial score (nSPS) is 18.6. The summed E-state index contributed by atoms with van der Waals surface area (Å²) in [4.78, 5) is 74.9. The minimum absolute atomic E-state index is 0.0148. The van der Waals surface area contributed by atoms with Crippen molar-refractivity contribution in [1.82, 2.24) is 48.5 Å². The fourth-order valence-corrected chi connectivity index (χ4v) is 11.1. The Morgan fingerprint density at radius 2 is 1.07 bits per heavy atom. The quantitative estimate of drug-likeness (QED) is 0.0834. The molecule has 3 aliphatic rings. The molecule has 4 aromatic carbocycles. The molecule has 0 N–H and O–H groups in total. The number of alkyl halides is 4. The molecule has 3 fully saturated rings. The van der Waals surface area contributed by atoms with Gasteiger partial charge in [0.25, 0.3) is 11.1 Å². The second kappa shape index (κ2) is 26.3.